The number of hydrogen-bond donors (Lipinski definition) is 1. The number of nitrogens with one attached hydrogen (secondary N) is 1. The van der Waals surface area contributed by atoms with Crippen LogP contribution in [0.4, 0.5) is 0 Å². The number of rotatable bonds is 1. The standard InChI is InChI=1S/C11H15N3/c1-11(2,3)5-9-4-8-6-12-7-10(8)14-13-9/h4,6-7,12H,5H2,1-3H3. The third-order valence-corrected chi connectivity index (χ3v) is 2.07. The molecular formula is C11H15N3. The Morgan fingerprint density at radius 3 is 2.71 bits per heavy atom. The van der Waals surface area contributed by atoms with Gasteiger partial charge in [0.2, 0.25) is 0 Å². The first kappa shape index (κ1) is 9.19. The molecule has 0 radical (unpaired) electrons. The third-order valence-electron chi connectivity index (χ3n) is 2.07. The molecule has 0 aromatic carbocycles. The summed E-state index contributed by atoms with van der Waals surface area (Å²) in [5, 5.41) is 9.48. The smallest absolute Gasteiger partial charge is 0.110 e. The lowest BCUT2D eigenvalue weighted by Gasteiger charge is -2.16. The summed E-state index contributed by atoms with van der Waals surface area (Å²) in [6, 6.07) is 2.10. The van der Waals surface area contributed by atoms with Gasteiger partial charge in [-0.05, 0) is 17.9 Å². The van der Waals surface area contributed by atoms with Gasteiger partial charge in [0.25, 0.3) is 0 Å². The number of aromatic nitrogens is 3. The molecule has 2 aromatic heterocycles. The van der Waals surface area contributed by atoms with Gasteiger partial charge in [0.05, 0.1) is 5.69 Å². The summed E-state index contributed by atoms with van der Waals surface area (Å²) in [5.74, 6) is 0. The molecule has 74 valence electrons. The maximum atomic E-state index is 4.19. The zero-order valence-electron chi connectivity index (χ0n) is 8.83. The van der Waals surface area contributed by atoms with Crippen LogP contribution in [0.25, 0.3) is 10.9 Å². The Morgan fingerprint density at radius 1 is 1.21 bits per heavy atom. The van der Waals surface area contributed by atoms with E-state index in [0.29, 0.717) is 0 Å². The molecule has 0 fully saturated rings. The van der Waals surface area contributed by atoms with Gasteiger partial charge in [-0.1, -0.05) is 20.8 Å². The molecule has 0 saturated heterocycles. The molecule has 0 spiro atoms. The highest BCUT2D eigenvalue weighted by Crippen LogP contribution is 2.20. The number of H-pyrrole nitrogens is 1. The molecule has 0 saturated carbocycles. The minimum absolute atomic E-state index is 0.263. The van der Waals surface area contributed by atoms with Crippen molar-refractivity contribution in [2.45, 2.75) is 27.2 Å². The maximum absolute atomic E-state index is 4.19. The van der Waals surface area contributed by atoms with Gasteiger partial charge in [-0.3, -0.25) is 0 Å². The van der Waals surface area contributed by atoms with Gasteiger partial charge in [0.1, 0.15) is 5.52 Å². The third kappa shape index (κ3) is 1.92. The van der Waals surface area contributed by atoms with Crippen molar-refractivity contribution in [2.75, 3.05) is 0 Å². The zero-order valence-corrected chi connectivity index (χ0v) is 8.83. The lowest BCUT2D eigenvalue weighted by molar-refractivity contribution is 0.405. The van der Waals surface area contributed by atoms with Crippen LogP contribution in [0.2, 0.25) is 0 Å². The maximum Gasteiger partial charge on any atom is 0.110 e. The second-order valence-corrected chi connectivity index (χ2v) is 4.87. The fraction of sp³-hybridized carbons (Fsp3) is 0.455. The van der Waals surface area contributed by atoms with Crippen LogP contribution in [0.3, 0.4) is 0 Å². The Labute approximate surface area is 83.6 Å². The minimum atomic E-state index is 0.263. The van der Waals surface area contributed by atoms with E-state index in [0.717, 1.165) is 23.0 Å². The van der Waals surface area contributed by atoms with Crippen LogP contribution < -0.4 is 0 Å². The monoisotopic (exact) mass is 189 g/mol. The molecule has 2 rings (SSSR count). The van der Waals surface area contributed by atoms with Crippen molar-refractivity contribution < 1.29 is 0 Å². The first-order valence-corrected chi connectivity index (χ1v) is 4.84. The predicted molar refractivity (Wildman–Crippen MR) is 57.0 cm³/mol. The number of fused-ring (bicyclic) bond motifs is 1. The van der Waals surface area contributed by atoms with Crippen LogP contribution in [0, 0.1) is 5.41 Å². The number of aromatic amines is 1. The molecule has 1 N–H and O–H groups in total. The Morgan fingerprint density at radius 2 is 2.00 bits per heavy atom. The minimum Gasteiger partial charge on any atom is -0.365 e. The quantitative estimate of drug-likeness (QED) is 0.749. The van der Waals surface area contributed by atoms with Crippen molar-refractivity contribution in [3.05, 3.63) is 24.2 Å². The van der Waals surface area contributed by atoms with Crippen molar-refractivity contribution in [1.29, 1.82) is 0 Å². The first-order chi connectivity index (χ1) is 6.54. The fourth-order valence-corrected chi connectivity index (χ4v) is 1.53. The summed E-state index contributed by atoms with van der Waals surface area (Å²) < 4.78 is 0. The van der Waals surface area contributed by atoms with E-state index in [9.17, 15) is 0 Å². The average molecular weight is 189 g/mol. The van der Waals surface area contributed by atoms with Crippen LogP contribution in [0.15, 0.2) is 18.5 Å². The molecule has 0 atom stereocenters. The first-order valence-electron chi connectivity index (χ1n) is 4.84. The molecule has 3 heteroatoms. The van der Waals surface area contributed by atoms with E-state index in [1.54, 1.807) is 0 Å². The lowest BCUT2D eigenvalue weighted by atomic mass is 9.90. The summed E-state index contributed by atoms with van der Waals surface area (Å²) in [5.41, 5.74) is 2.26. The van der Waals surface area contributed by atoms with E-state index in [1.165, 1.54) is 0 Å². The van der Waals surface area contributed by atoms with Crippen molar-refractivity contribution in [1.82, 2.24) is 15.2 Å². The van der Waals surface area contributed by atoms with E-state index < -0.39 is 0 Å². The summed E-state index contributed by atoms with van der Waals surface area (Å²) in [6.07, 6.45) is 4.78. The Bertz CT molecular complexity index is 437. The molecular weight excluding hydrogens is 174 g/mol. The second kappa shape index (κ2) is 3.08. The van der Waals surface area contributed by atoms with Gasteiger partial charge in [-0.25, -0.2) is 0 Å². The molecule has 0 bridgehead atoms. The molecule has 14 heavy (non-hydrogen) atoms. The Balaban J connectivity index is 2.35. The topological polar surface area (TPSA) is 41.6 Å². The van der Waals surface area contributed by atoms with E-state index >= 15 is 0 Å². The Kier molecular flexibility index (Phi) is 2.02. The van der Waals surface area contributed by atoms with E-state index in [1.807, 2.05) is 12.4 Å². The predicted octanol–water partition coefficient (Wildman–Crippen LogP) is 2.55. The van der Waals surface area contributed by atoms with Crippen molar-refractivity contribution in [3.8, 4) is 0 Å². The van der Waals surface area contributed by atoms with Crippen LogP contribution in [-0.2, 0) is 6.42 Å². The van der Waals surface area contributed by atoms with Crippen LogP contribution in [0.1, 0.15) is 26.5 Å². The molecule has 0 unspecified atom stereocenters. The summed E-state index contributed by atoms with van der Waals surface area (Å²) in [6.45, 7) is 6.61. The molecule has 0 aliphatic heterocycles. The SMILES string of the molecule is CC(C)(C)Cc1cc2c[nH]cc2nn1. The molecule has 0 aliphatic carbocycles. The molecule has 3 nitrogen and oxygen atoms in total. The summed E-state index contributed by atoms with van der Waals surface area (Å²) >= 11 is 0. The Hall–Kier alpha value is -1.38. The average Bonchev–Trinajstić information content (AvgIpc) is 2.47. The van der Waals surface area contributed by atoms with Gasteiger partial charge in [0, 0.05) is 17.8 Å². The van der Waals surface area contributed by atoms with Crippen molar-refractivity contribution >= 4 is 10.9 Å². The van der Waals surface area contributed by atoms with Gasteiger partial charge in [-0.2, -0.15) is 5.10 Å². The second-order valence-electron chi connectivity index (χ2n) is 4.87. The van der Waals surface area contributed by atoms with Crippen LogP contribution in [-0.4, -0.2) is 15.2 Å². The van der Waals surface area contributed by atoms with E-state index in [2.05, 4.69) is 42.0 Å². The van der Waals surface area contributed by atoms with Gasteiger partial charge in [0.15, 0.2) is 0 Å². The number of hydrogen-bond acceptors (Lipinski definition) is 2. The molecule has 0 amide bonds. The summed E-state index contributed by atoms with van der Waals surface area (Å²) in [7, 11) is 0. The van der Waals surface area contributed by atoms with E-state index in [4.69, 9.17) is 0 Å². The van der Waals surface area contributed by atoms with E-state index in [-0.39, 0.29) is 5.41 Å². The van der Waals surface area contributed by atoms with Gasteiger partial charge < -0.3 is 4.98 Å². The van der Waals surface area contributed by atoms with Crippen LogP contribution in [0.5, 0.6) is 0 Å². The van der Waals surface area contributed by atoms with Gasteiger partial charge in [-0.15, -0.1) is 5.10 Å². The highest BCUT2D eigenvalue weighted by atomic mass is 15.1. The fourth-order valence-electron chi connectivity index (χ4n) is 1.53. The van der Waals surface area contributed by atoms with Crippen LogP contribution >= 0.6 is 0 Å². The highest BCUT2D eigenvalue weighted by molar-refractivity contribution is 5.77. The zero-order chi connectivity index (χ0) is 10.2. The molecule has 2 aromatic rings. The van der Waals surface area contributed by atoms with Crippen molar-refractivity contribution in [3.63, 3.8) is 0 Å². The summed E-state index contributed by atoms with van der Waals surface area (Å²) in [4.78, 5) is 3.03. The molecule has 0 aliphatic rings. The van der Waals surface area contributed by atoms with Gasteiger partial charge >= 0.3 is 0 Å². The lowest BCUT2D eigenvalue weighted by Crippen LogP contribution is -2.10. The molecule has 2 heterocycles. The number of nitrogens with zero attached hydrogens (tertiary/aromatic N) is 2. The highest BCUT2D eigenvalue weighted by Gasteiger charge is 2.12. The normalized spacial score (nSPS) is 12.2. The largest absolute Gasteiger partial charge is 0.365 e. The van der Waals surface area contributed by atoms with Crippen molar-refractivity contribution in [2.24, 2.45) is 5.41 Å².